The van der Waals surface area contributed by atoms with Crippen molar-refractivity contribution in [3.05, 3.63) is 34.2 Å². The van der Waals surface area contributed by atoms with E-state index in [0.717, 1.165) is 12.8 Å². The number of hydrogen-bond donors (Lipinski definition) is 1. The molecule has 192 valence electrons. The number of aryl methyl sites for hydroxylation is 1. The Kier molecular flexibility index (Phi) is 7.22. The minimum atomic E-state index is -0.739. The van der Waals surface area contributed by atoms with Gasteiger partial charge in [0.2, 0.25) is 11.8 Å². The summed E-state index contributed by atoms with van der Waals surface area (Å²) >= 11 is 0. The molecule has 2 aromatic rings. The van der Waals surface area contributed by atoms with Gasteiger partial charge in [0.05, 0.1) is 17.1 Å². The molecular formula is C26H32N4O6. The van der Waals surface area contributed by atoms with Crippen molar-refractivity contribution < 1.29 is 23.9 Å². The molecule has 1 aromatic carbocycles. The number of carbonyl (C=O) groups is 3. The van der Waals surface area contributed by atoms with Crippen LogP contribution in [0.3, 0.4) is 0 Å². The molecule has 2 aliphatic rings. The van der Waals surface area contributed by atoms with Crippen molar-refractivity contribution in [3.63, 3.8) is 0 Å². The van der Waals surface area contributed by atoms with E-state index in [0.29, 0.717) is 29.7 Å². The quantitative estimate of drug-likeness (QED) is 0.515. The molecule has 0 aliphatic carbocycles. The van der Waals surface area contributed by atoms with Crippen molar-refractivity contribution >= 4 is 28.9 Å². The van der Waals surface area contributed by atoms with Crippen LogP contribution in [0, 0.1) is 11.8 Å². The van der Waals surface area contributed by atoms with Gasteiger partial charge in [-0.3, -0.25) is 24.0 Å². The van der Waals surface area contributed by atoms with Crippen LogP contribution in [-0.2, 0) is 26.1 Å². The van der Waals surface area contributed by atoms with Gasteiger partial charge in [-0.1, -0.05) is 11.8 Å². The summed E-state index contributed by atoms with van der Waals surface area (Å²) in [5.74, 6) is 5.29. The summed E-state index contributed by atoms with van der Waals surface area (Å²) in [6.45, 7) is 6.95. The minimum Gasteiger partial charge on any atom is -0.444 e. The third-order valence-corrected chi connectivity index (χ3v) is 6.33. The van der Waals surface area contributed by atoms with Crippen LogP contribution in [-0.4, -0.2) is 63.3 Å². The second kappa shape index (κ2) is 10.2. The summed E-state index contributed by atoms with van der Waals surface area (Å²) in [6.07, 6.45) is 1.62. The van der Waals surface area contributed by atoms with Gasteiger partial charge >= 0.3 is 11.8 Å². The van der Waals surface area contributed by atoms with E-state index in [9.17, 15) is 19.2 Å². The molecule has 10 heteroatoms. The zero-order valence-corrected chi connectivity index (χ0v) is 21.1. The number of amides is 3. The number of imidazole rings is 1. The lowest BCUT2D eigenvalue weighted by Gasteiger charge is -2.33. The van der Waals surface area contributed by atoms with E-state index in [-0.39, 0.29) is 43.2 Å². The Labute approximate surface area is 209 Å². The van der Waals surface area contributed by atoms with E-state index in [2.05, 4.69) is 17.2 Å². The summed E-state index contributed by atoms with van der Waals surface area (Å²) in [4.78, 5) is 50.7. The fraction of sp³-hybridized carbons (Fsp3) is 0.538. The molecule has 1 unspecified atom stereocenters. The molecule has 0 radical (unpaired) electrons. The number of nitrogens with zero attached hydrogens (tertiary/aromatic N) is 3. The van der Waals surface area contributed by atoms with E-state index < -0.39 is 17.6 Å². The number of nitrogens with one attached hydrogen (secondary N) is 1. The van der Waals surface area contributed by atoms with Gasteiger partial charge in [-0.2, -0.15) is 0 Å². The fourth-order valence-corrected chi connectivity index (χ4v) is 4.50. The predicted octanol–water partition coefficient (Wildman–Crippen LogP) is 2.09. The number of benzene rings is 1. The number of carbonyl (C=O) groups excluding carboxylic acids is 3. The minimum absolute atomic E-state index is 0.0206. The molecule has 2 aliphatic heterocycles. The molecule has 4 rings (SSSR count). The maximum absolute atomic E-state index is 12.9. The summed E-state index contributed by atoms with van der Waals surface area (Å²) in [5.41, 5.74) is 1.14. The van der Waals surface area contributed by atoms with Crippen LogP contribution < -0.4 is 11.0 Å². The van der Waals surface area contributed by atoms with E-state index in [1.807, 2.05) is 26.8 Å². The molecular weight excluding hydrogens is 464 g/mol. The van der Waals surface area contributed by atoms with Gasteiger partial charge < -0.3 is 14.4 Å². The number of ether oxygens (including phenoxy) is 2. The average Bonchev–Trinajstić information content (AvgIpc) is 3.06. The Morgan fingerprint density at radius 1 is 1.11 bits per heavy atom. The van der Waals surface area contributed by atoms with Crippen molar-refractivity contribution in [2.75, 3.05) is 19.7 Å². The van der Waals surface area contributed by atoms with E-state index in [1.165, 1.54) is 9.13 Å². The van der Waals surface area contributed by atoms with Crippen molar-refractivity contribution in [1.82, 2.24) is 19.4 Å². The van der Waals surface area contributed by atoms with Gasteiger partial charge in [0.15, 0.2) is 0 Å². The molecule has 3 amide bonds. The molecule has 3 heterocycles. The van der Waals surface area contributed by atoms with Crippen LogP contribution in [0.2, 0.25) is 0 Å². The molecule has 10 nitrogen and oxygen atoms in total. The zero-order chi connectivity index (χ0) is 26.0. The number of hydrogen-bond acceptors (Lipinski definition) is 6. The van der Waals surface area contributed by atoms with Gasteiger partial charge in [0.25, 0.3) is 0 Å². The number of rotatable bonds is 3. The summed E-state index contributed by atoms with van der Waals surface area (Å²) < 4.78 is 14.2. The second-order valence-electron chi connectivity index (χ2n) is 10.2. The van der Waals surface area contributed by atoms with Crippen molar-refractivity contribution in [2.45, 2.75) is 64.2 Å². The first-order valence-corrected chi connectivity index (χ1v) is 12.2. The van der Waals surface area contributed by atoms with Crippen molar-refractivity contribution in [1.29, 1.82) is 0 Å². The molecule has 1 aromatic heterocycles. The lowest BCUT2D eigenvalue weighted by molar-refractivity contribution is -0.135. The Hall–Kier alpha value is -3.58. The van der Waals surface area contributed by atoms with Gasteiger partial charge in [-0.05, 0) is 58.2 Å². The maximum Gasteiger partial charge on any atom is 0.410 e. The smallest absolute Gasteiger partial charge is 0.410 e. The van der Waals surface area contributed by atoms with Crippen LogP contribution in [0.5, 0.6) is 0 Å². The van der Waals surface area contributed by atoms with Gasteiger partial charge in [0.1, 0.15) is 18.2 Å². The van der Waals surface area contributed by atoms with Gasteiger partial charge in [-0.15, -0.1) is 0 Å². The normalized spacial score (nSPS) is 19.1. The topological polar surface area (TPSA) is 112 Å². The van der Waals surface area contributed by atoms with Gasteiger partial charge in [0, 0.05) is 32.1 Å². The molecule has 36 heavy (non-hydrogen) atoms. The van der Waals surface area contributed by atoms with E-state index >= 15 is 0 Å². The average molecular weight is 497 g/mol. The van der Waals surface area contributed by atoms with Crippen LogP contribution in [0.1, 0.15) is 58.1 Å². The summed E-state index contributed by atoms with van der Waals surface area (Å²) in [6, 6.07) is 4.67. The first kappa shape index (κ1) is 25.5. The van der Waals surface area contributed by atoms with E-state index in [4.69, 9.17) is 9.47 Å². The first-order valence-electron chi connectivity index (χ1n) is 12.2. The van der Waals surface area contributed by atoms with Crippen molar-refractivity contribution in [2.24, 2.45) is 7.05 Å². The highest BCUT2D eigenvalue weighted by Gasteiger charge is 2.31. The SMILES string of the molecule is Cn1c(=O)n(C2CCC(=O)NC2=O)c2cc(C#CCOC3CCN(C(=O)OC(C)(C)C)CC3)ccc21. The number of likely N-dealkylation sites (tertiary alicyclic amines) is 1. The number of fused-ring (bicyclic) bond motifs is 1. The Bertz CT molecular complexity index is 1300. The van der Waals surface area contributed by atoms with Crippen LogP contribution >= 0.6 is 0 Å². The lowest BCUT2D eigenvalue weighted by atomic mass is 10.1. The first-order chi connectivity index (χ1) is 17.0. The van der Waals surface area contributed by atoms with Gasteiger partial charge in [-0.25, -0.2) is 9.59 Å². The Morgan fingerprint density at radius 2 is 1.83 bits per heavy atom. The molecule has 2 saturated heterocycles. The Morgan fingerprint density at radius 3 is 2.50 bits per heavy atom. The monoisotopic (exact) mass is 496 g/mol. The third kappa shape index (κ3) is 5.62. The Balaban J connectivity index is 1.39. The molecule has 1 atom stereocenters. The molecule has 0 bridgehead atoms. The summed E-state index contributed by atoms with van der Waals surface area (Å²) in [7, 11) is 1.65. The van der Waals surface area contributed by atoms with Crippen LogP contribution in [0.25, 0.3) is 11.0 Å². The molecule has 0 spiro atoms. The van der Waals surface area contributed by atoms with Crippen molar-refractivity contribution in [3.8, 4) is 11.8 Å². The zero-order valence-electron chi connectivity index (χ0n) is 21.1. The predicted molar refractivity (Wildman–Crippen MR) is 132 cm³/mol. The number of piperidine rings is 2. The van der Waals surface area contributed by atoms with Crippen LogP contribution in [0.4, 0.5) is 4.79 Å². The lowest BCUT2D eigenvalue weighted by Crippen LogP contribution is -2.44. The highest BCUT2D eigenvalue weighted by atomic mass is 16.6. The number of imide groups is 1. The third-order valence-electron chi connectivity index (χ3n) is 6.33. The molecule has 2 fully saturated rings. The van der Waals surface area contributed by atoms with E-state index in [1.54, 1.807) is 24.1 Å². The highest BCUT2D eigenvalue weighted by Crippen LogP contribution is 2.24. The summed E-state index contributed by atoms with van der Waals surface area (Å²) in [5, 5.41) is 2.32. The highest BCUT2D eigenvalue weighted by molar-refractivity contribution is 6.00. The largest absolute Gasteiger partial charge is 0.444 e. The maximum atomic E-state index is 12.9. The molecule has 1 N–H and O–H groups in total. The standard InChI is InChI=1S/C26H32N4O6/c1-26(2,3)36-25(34)29-13-11-18(12-14-29)35-15-5-6-17-7-8-19-21(16-17)30(24(33)28(19)4)20-9-10-22(31)27-23(20)32/h7-8,16,18,20H,9-15H2,1-4H3,(H,27,31,32). The fourth-order valence-electron chi connectivity index (χ4n) is 4.50. The second-order valence-corrected chi connectivity index (χ2v) is 10.2. The van der Waals surface area contributed by atoms with Crippen LogP contribution in [0.15, 0.2) is 23.0 Å². The number of aromatic nitrogens is 2. The molecule has 0 saturated carbocycles.